The molecule has 4 aromatic rings. The first-order chi connectivity index (χ1) is 25.0. The third kappa shape index (κ3) is 7.63. The first-order valence-corrected chi connectivity index (χ1v) is 38.3. The molecular weight excluding hydrogens is 827 g/mol. The topological polar surface area (TPSA) is 0 Å². The maximum absolute atomic E-state index is 4.71. The van der Waals surface area contributed by atoms with Gasteiger partial charge in [0.1, 0.15) is 0 Å². The molecule has 1 heteroatoms. The summed E-state index contributed by atoms with van der Waals surface area (Å²) < 4.78 is 12.1. The number of hydrogen-bond acceptors (Lipinski definition) is 0. The van der Waals surface area contributed by atoms with Gasteiger partial charge in [0, 0.05) is 0 Å². The molecular formula is C54H73Hf. The van der Waals surface area contributed by atoms with Crippen molar-refractivity contribution in [2.75, 3.05) is 0 Å². The molecule has 0 aromatic heterocycles. The zero-order chi connectivity index (χ0) is 40.8. The van der Waals surface area contributed by atoms with Crippen molar-refractivity contribution in [2.45, 2.75) is 146 Å². The monoisotopic (exact) mass is 902 g/mol. The van der Waals surface area contributed by atoms with E-state index in [2.05, 4.69) is 212 Å². The Labute approximate surface area is 334 Å². The van der Waals surface area contributed by atoms with Crippen LogP contribution in [0.25, 0.3) is 34.4 Å². The quantitative estimate of drug-likeness (QED) is 0.169. The summed E-state index contributed by atoms with van der Waals surface area (Å²) in [6.07, 6.45) is 11.4. The van der Waals surface area contributed by atoms with Crippen molar-refractivity contribution >= 4 is 15.9 Å². The van der Waals surface area contributed by atoms with Gasteiger partial charge in [-0.25, -0.2) is 0 Å². The van der Waals surface area contributed by atoms with Gasteiger partial charge in [0.2, 0.25) is 0 Å². The van der Waals surface area contributed by atoms with Gasteiger partial charge in [-0.2, -0.15) is 0 Å². The van der Waals surface area contributed by atoms with Crippen LogP contribution in [-0.4, -0.2) is 3.76 Å². The Hall–Kier alpha value is -2.90. The van der Waals surface area contributed by atoms with Gasteiger partial charge in [-0.1, -0.05) is 0 Å². The Bertz CT molecular complexity index is 2090. The minimum absolute atomic E-state index is 0.0670. The summed E-state index contributed by atoms with van der Waals surface area (Å²) in [5.74, 6) is 0.601. The Kier molecular flexibility index (Phi) is 9.91. The van der Waals surface area contributed by atoms with Gasteiger partial charge >= 0.3 is 336 Å². The van der Waals surface area contributed by atoms with Crippen molar-refractivity contribution in [1.29, 1.82) is 0 Å². The van der Waals surface area contributed by atoms with E-state index in [1.54, 1.807) is 0 Å². The number of benzene rings is 4. The first kappa shape index (κ1) is 41.7. The summed E-state index contributed by atoms with van der Waals surface area (Å²) in [7, 11) is 0. The molecule has 0 radical (unpaired) electrons. The van der Waals surface area contributed by atoms with E-state index in [4.69, 9.17) is 0 Å². The molecule has 0 spiro atoms. The fraction of sp³-hybridized carbons (Fsp3) is 0.463. The van der Waals surface area contributed by atoms with Crippen LogP contribution in [0.15, 0.2) is 84.9 Å². The second-order valence-electron chi connectivity index (χ2n) is 24.3. The standard InChI is InChI=1S/2C23H27.C5H10.3CH3.Hf/c2*1-22(2,3)18-13-17(14-19(15-18)23(4,5)6)21-12-8-10-16-9-7-11-20(16)21;1-4-5(2)3;;;;/h2*7-15H,1-6H3;1,5H,4H2,2-3H3;3*1H3;. The third-order valence-corrected chi connectivity index (χ3v) is 43.0. The zero-order valence-corrected chi connectivity index (χ0v) is 41.3. The molecule has 0 saturated carbocycles. The molecule has 2 atom stereocenters. The zero-order valence-electron chi connectivity index (χ0n) is 37.8. The molecule has 2 aliphatic carbocycles. The van der Waals surface area contributed by atoms with Crippen molar-refractivity contribution in [3.63, 3.8) is 0 Å². The molecule has 2 unspecified atom stereocenters. The van der Waals surface area contributed by atoms with Crippen molar-refractivity contribution < 1.29 is 16.5 Å². The summed E-state index contributed by atoms with van der Waals surface area (Å²) >= 11 is -4.71. The second kappa shape index (κ2) is 13.1. The molecule has 0 amide bonds. The summed E-state index contributed by atoms with van der Waals surface area (Å²) in [4.78, 5) is 0. The predicted octanol–water partition coefficient (Wildman–Crippen LogP) is 16.3. The van der Waals surface area contributed by atoms with Crippen LogP contribution in [-0.2, 0) is 38.2 Å². The Morgan fingerprint density at radius 3 is 1.13 bits per heavy atom. The predicted molar refractivity (Wildman–Crippen MR) is 245 cm³/mol. The van der Waals surface area contributed by atoms with E-state index >= 15 is 0 Å². The Morgan fingerprint density at radius 1 is 0.509 bits per heavy atom. The summed E-state index contributed by atoms with van der Waals surface area (Å²) in [5.41, 5.74) is 17.2. The number of rotatable bonds is 6. The van der Waals surface area contributed by atoms with Crippen LogP contribution in [0.2, 0.25) is 14.0 Å². The van der Waals surface area contributed by atoms with Gasteiger partial charge in [0.15, 0.2) is 0 Å². The number of hydrogen-bond donors (Lipinski definition) is 0. The van der Waals surface area contributed by atoms with E-state index in [0.717, 1.165) is 6.42 Å². The fourth-order valence-corrected chi connectivity index (χ4v) is 35.7. The van der Waals surface area contributed by atoms with Gasteiger partial charge in [0.05, 0.1) is 0 Å². The van der Waals surface area contributed by atoms with E-state index in [0.29, 0.717) is 13.3 Å². The minimum atomic E-state index is -4.71. The van der Waals surface area contributed by atoms with Crippen molar-refractivity contribution in [1.82, 2.24) is 0 Å². The summed E-state index contributed by atoms with van der Waals surface area (Å²) in [5, 5.41) is 0. The maximum atomic E-state index is 2.93. The van der Waals surface area contributed by atoms with Crippen molar-refractivity contribution in [3.05, 3.63) is 129 Å². The van der Waals surface area contributed by atoms with Crippen LogP contribution in [0, 0.1) is 5.92 Å². The molecule has 0 N–H and O–H groups in total. The average molecular weight is 901 g/mol. The molecule has 0 nitrogen and oxygen atoms in total. The third-order valence-electron chi connectivity index (χ3n) is 13.8. The van der Waals surface area contributed by atoms with Gasteiger partial charge in [0.25, 0.3) is 0 Å². The van der Waals surface area contributed by atoms with E-state index in [1.165, 1.54) is 66.8 Å². The van der Waals surface area contributed by atoms with Crippen LogP contribution in [0.3, 0.4) is 0 Å². The van der Waals surface area contributed by atoms with Crippen molar-refractivity contribution in [2.24, 2.45) is 5.92 Å². The second-order valence-corrected chi connectivity index (χ2v) is 63.3. The van der Waals surface area contributed by atoms with E-state index < -0.39 is 16.5 Å². The number of fused-ring (bicyclic) bond motifs is 2. The van der Waals surface area contributed by atoms with Gasteiger partial charge in [-0.05, 0) is 0 Å². The van der Waals surface area contributed by atoms with Crippen LogP contribution in [0.5, 0.6) is 0 Å². The molecule has 293 valence electrons. The number of allylic oxidation sites excluding steroid dienone is 2. The molecule has 55 heavy (non-hydrogen) atoms. The van der Waals surface area contributed by atoms with Gasteiger partial charge in [-0.15, -0.1) is 0 Å². The van der Waals surface area contributed by atoms with Gasteiger partial charge in [-0.3, -0.25) is 0 Å². The van der Waals surface area contributed by atoms with Crippen LogP contribution in [0.4, 0.5) is 0 Å². The van der Waals surface area contributed by atoms with E-state index in [-0.39, 0.29) is 21.7 Å². The fourth-order valence-electron chi connectivity index (χ4n) is 9.74. The van der Waals surface area contributed by atoms with Crippen LogP contribution < -0.4 is 0 Å². The van der Waals surface area contributed by atoms with Gasteiger partial charge < -0.3 is 0 Å². The average Bonchev–Trinajstić information content (AvgIpc) is 3.73. The van der Waals surface area contributed by atoms with Crippen LogP contribution in [0.1, 0.15) is 155 Å². The molecule has 2 aliphatic rings. The van der Waals surface area contributed by atoms with Crippen LogP contribution >= 0.6 is 0 Å². The Morgan fingerprint density at radius 2 is 0.836 bits per heavy atom. The normalized spacial score (nSPS) is 18.7. The Balaban J connectivity index is 1.56. The van der Waals surface area contributed by atoms with Crippen molar-refractivity contribution in [3.8, 4) is 22.3 Å². The SMILES string of the molecule is CC(C)C[CH]=[Hf]([CH3])([CH3])([CH3])([CH]1C=Cc2c(-c3cc(C(C)(C)C)cc(C(C)(C)C)c3)cccc21)[CH]1C=Cc2c(-c3cc(C(C)(C)C)cc(C(C)(C)C)c3)cccc21. The molecule has 4 aromatic carbocycles. The molecule has 0 aliphatic heterocycles. The molecule has 6 rings (SSSR count). The van der Waals surface area contributed by atoms with E-state index in [9.17, 15) is 0 Å². The van der Waals surface area contributed by atoms with E-state index in [1.807, 2.05) is 0 Å². The molecule has 0 bridgehead atoms. The molecule has 0 heterocycles. The summed E-state index contributed by atoms with van der Waals surface area (Å²) in [6, 6.07) is 29.2. The summed E-state index contributed by atoms with van der Waals surface area (Å²) in [6.45, 7) is 32.9. The molecule has 0 saturated heterocycles. The first-order valence-electron chi connectivity index (χ1n) is 21.3. The molecule has 0 fully saturated rings.